The van der Waals surface area contributed by atoms with Gasteiger partial charge in [-0.3, -0.25) is 4.79 Å². The van der Waals surface area contributed by atoms with Crippen molar-refractivity contribution in [1.29, 1.82) is 0 Å². The number of nitrogens with one attached hydrogen (secondary N) is 1. The molecule has 2 aromatic carbocycles. The van der Waals surface area contributed by atoms with Gasteiger partial charge in [0, 0.05) is 17.8 Å². The van der Waals surface area contributed by atoms with Crippen molar-refractivity contribution in [1.82, 2.24) is 4.98 Å². The zero-order valence-electron chi connectivity index (χ0n) is 12.7. The first-order chi connectivity index (χ1) is 11.8. The normalized spacial score (nSPS) is 10.8. The summed E-state index contributed by atoms with van der Waals surface area (Å²) in [6, 6.07) is 6.83. The maximum atomic E-state index is 13.3. The number of amides is 1. The molecule has 1 aromatic heterocycles. The summed E-state index contributed by atoms with van der Waals surface area (Å²) in [5.41, 5.74) is 0.366. The van der Waals surface area contributed by atoms with Crippen molar-refractivity contribution < 1.29 is 22.4 Å². The van der Waals surface area contributed by atoms with Crippen LogP contribution in [0.25, 0.3) is 10.4 Å². The van der Waals surface area contributed by atoms with E-state index in [1.165, 1.54) is 35.6 Å². The summed E-state index contributed by atoms with van der Waals surface area (Å²) < 4.78 is 52.6. The number of halogens is 4. The second kappa shape index (κ2) is 6.64. The first kappa shape index (κ1) is 17.1. The number of thiazole rings is 1. The molecule has 0 radical (unpaired) electrons. The summed E-state index contributed by atoms with van der Waals surface area (Å²) in [5.74, 6) is -5.58. The van der Waals surface area contributed by atoms with E-state index in [2.05, 4.69) is 10.3 Å². The summed E-state index contributed by atoms with van der Waals surface area (Å²) in [4.78, 5) is 17.0. The Labute approximate surface area is 144 Å². The van der Waals surface area contributed by atoms with Crippen LogP contribution in [0.15, 0.2) is 36.4 Å². The van der Waals surface area contributed by atoms with E-state index in [-0.39, 0.29) is 11.4 Å². The Morgan fingerprint density at radius 2 is 1.64 bits per heavy atom. The van der Waals surface area contributed by atoms with E-state index in [1.807, 2.05) is 0 Å². The fraction of sp³-hybridized carbons (Fsp3) is 0.0588. The number of anilines is 1. The minimum absolute atomic E-state index is 0.0271. The number of aryl methyl sites for hydroxylation is 1. The van der Waals surface area contributed by atoms with Gasteiger partial charge in [-0.1, -0.05) is 12.1 Å². The first-order valence-electron chi connectivity index (χ1n) is 7.04. The molecule has 0 aliphatic rings. The molecule has 0 aliphatic heterocycles. The van der Waals surface area contributed by atoms with Gasteiger partial charge in [0.1, 0.15) is 11.5 Å². The van der Waals surface area contributed by atoms with Gasteiger partial charge in [0.25, 0.3) is 5.91 Å². The fourth-order valence-corrected chi connectivity index (χ4v) is 3.12. The average Bonchev–Trinajstić information content (AvgIpc) is 2.95. The Morgan fingerprint density at radius 1 is 1.04 bits per heavy atom. The van der Waals surface area contributed by atoms with Gasteiger partial charge in [0.15, 0.2) is 17.5 Å². The third-order valence-electron chi connectivity index (χ3n) is 3.30. The molecule has 0 saturated carbocycles. The van der Waals surface area contributed by atoms with Gasteiger partial charge in [-0.05, 0) is 24.6 Å². The standard InChI is InChI=1S/C17H10F4N2OS/c1-8-22-15(16(25-8)9-2-4-10(18)5-3-9)17(24)23-11-6-12(19)14(21)13(20)7-11/h2-7H,1H3,(H,23,24). The van der Waals surface area contributed by atoms with E-state index >= 15 is 0 Å². The molecular formula is C17H10F4N2OS. The number of hydrogen-bond acceptors (Lipinski definition) is 3. The lowest BCUT2D eigenvalue weighted by Gasteiger charge is -2.06. The minimum Gasteiger partial charge on any atom is -0.320 e. The van der Waals surface area contributed by atoms with Crippen LogP contribution in [0, 0.1) is 30.2 Å². The highest BCUT2D eigenvalue weighted by atomic mass is 32.1. The molecule has 3 aromatic rings. The zero-order chi connectivity index (χ0) is 18.1. The van der Waals surface area contributed by atoms with Crippen molar-refractivity contribution >= 4 is 22.9 Å². The summed E-state index contributed by atoms with van der Waals surface area (Å²) in [7, 11) is 0. The van der Waals surface area contributed by atoms with Crippen LogP contribution in [0.5, 0.6) is 0 Å². The largest absolute Gasteiger partial charge is 0.320 e. The molecule has 3 nitrogen and oxygen atoms in total. The predicted molar refractivity (Wildman–Crippen MR) is 86.5 cm³/mol. The number of carbonyl (C=O) groups excluding carboxylic acids is 1. The van der Waals surface area contributed by atoms with Crippen LogP contribution in [0.4, 0.5) is 23.2 Å². The third kappa shape index (κ3) is 3.53. The molecule has 8 heteroatoms. The van der Waals surface area contributed by atoms with Gasteiger partial charge >= 0.3 is 0 Å². The van der Waals surface area contributed by atoms with Crippen molar-refractivity contribution in [2.75, 3.05) is 5.32 Å². The zero-order valence-corrected chi connectivity index (χ0v) is 13.6. The predicted octanol–water partition coefficient (Wildman–Crippen LogP) is 4.93. The maximum Gasteiger partial charge on any atom is 0.275 e. The fourth-order valence-electron chi connectivity index (χ4n) is 2.20. The first-order valence-corrected chi connectivity index (χ1v) is 7.86. The minimum atomic E-state index is -1.62. The quantitative estimate of drug-likeness (QED) is 0.528. The van der Waals surface area contributed by atoms with Crippen LogP contribution < -0.4 is 5.32 Å². The molecule has 128 valence electrons. The number of nitrogens with zero attached hydrogens (tertiary/aromatic N) is 1. The molecule has 0 atom stereocenters. The van der Waals surface area contributed by atoms with Crippen molar-refractivity contribution in [2.24, 2.45) is 0 Å². The molecule has 1 heterocycles. The molecule has 0 saturated heterocycles. The monoisotopic (exact) mass is 366 g/mol. The molecule has 0 fully saturated rings. The van der Waals surface area contributed by atoms with E-state index in [4.69, 9.17) is 0 Å². The van der Waals surface area contributed by atoms with Crippen LogP contribution in [0.1, 0.15) is 15.5 Å². The van der Waals surface area contributed by atoms with Gasteiger partial charge in [0.2, 0.25) is 0 Å². The van der Waals surface area contributed by atoms with E-state index in [9.17, 15) is 22.4 Å². The van der Waals surface area contributed by atoms with Crippen molar-refractivity contribution in [3.63, 3.8) is 0 Å². The van der Waals surface area contributed by atoms with Gasteiger partial charge < -0.3 is 5.32 Å². The maximum absolute atomic E-state index is 13.3. The lowest BCUT2D eigenvalue weighted by atomic mass is 10.1. The van der Waals surface area contributed by atoms with E-state index in [0.717, 1.165) is 0 Å². The number of rotatable bonds is 3. The van der Waals surface area contributed by atoms with Crippen LogP contribution >= 0.6 is 11.3 Å². The molecule has 1 N–H and O–H groups in total. The molecule has 25 heavy (non-hydrogen) atoms. The highest BCUT2D eigenvalue weighted by Gasteiger charge is 2.20. The average molecular weight is 366 g/mol. The smallest absolute Gasteiger partial charge is 0.275 e. The Balaban J connectivity index is 1.94. The SMILES string of the molecule is Cc1nc(C(=O)Nc2cc(F)c(F)c(F)c2)c(-c2ccc(F)cc2)s1. The lowest BCUT2D eigenvalue weighted by Crippen LogP contribution is -2.14. The number of hydrogen-bond donors (Lipinski definition) is 1. The molecule has 0 spiro atoms. The summed E-state index contributed by atoms with van der Waals surface area (Å²) in [6.07, 6.45) is 0. The van der Waals surface area contributed by atoms with Crippen molar-refractivity contribution in [3.8, 4) is 10.4 Å². The van der Waals surface area contributed by atoms with Gasteiger partial charge in [-0.25, -0.2) is 22.5 Å². The highest BCUT2D eigenvalue weighted by molar-refractivity contribution is 7.15. The number of benzene rings is 2. The van der Waals surface area contributed by atoms with E-state index < -0.39 is 29.2 Å². The topological polar surface area (TPSA) is 42.0 Å². The second-order valence-corrected chi connectivity index (χ2v) is 6.33. The Morgan fingerprint density at radius 3 is 2.24 bits per heavy atom. The van der Waals surface area contributed by atoms with Crippen molar-refractivity contribution in [2.45, 2.75) is 6.92 Å². The molecule has 0 bridgehead atoms. The van der Waals surface area contributed by atoms with E-state index in [0.29, 0.717) is 27.6 Å². The van der Waals surface area contributed by atoms with E-state index in [1.54, 1.807) is 6.92 Å². The number of aromatic nitrogens is 1. The highest BCUT2D eigenvalue weighted by Crippen LogP contribution is 2.31. The van der Waals surface area contributed by atoms with Crippen LogP contribution in [-0.2, 0) is 0 Å². The summed E-state index contributed by atoms with van der Waals surface area (Å²) in [5, 5.41) is 2.87. The second-order valence-electron chi connectivity index (χ2n) is 5.13. The molecule has 1 amide bonds. The lowest BCUT2D eigenvalue weighted by molar-refractivity contribution is 0.102. The Bertz CT molecular complexity index is 931. The van der Waals surface area contributed by atoms with Crippen LogP contribution in [0.3, 0.4) is 0 Å². The third-order valence-corrected chi connectivity index (χ3v) is 4.32. The summed E-state index contributed by atoms with van der Waals surface area (Å²) >= 11 is 1.22. The number of carbonyl (C=O) groups is 1. The Kier molecular flexibility index (Phi) is 4.54. The molecule has 0 aliphatic carbocycles. The van der Waals surface area contributed by atoms with Crippen LogP contribution in [-0.4, -0.2) is 10.9 Å². The van der Waals surface area contributed by atoms with Gasteiger partial charge in [-0.15, -0.1) is 11.3 Å². The molecular weight excluding hydrogens is 356 g/mol. The van der Waals surface area contributed by atoms with Gasteiger partial charge in [0.05, 0.1) is 9.88 Å². The molecule has 3 rings (SSSR count). The molecule has 0 unspecified atom stereocenters. The van der Waals surface area contributed by atoms with Gasteiger partial charge in [-0.2, -0.15) is 0 Å². The summed E-state index contributed by atoms with van der Waals surface area (Å²) in [6.45, 7) is 1.69. The van der Waals surface area contributed by atoms with Crippen molar-refractivity contribution in [3.05, 3.63) is 70.4 Å². The van der Waals surface area contributed by atoms with Crippen LogP contribution in [0.2, 0.25) is 0 Å². The Hall–Kier alpha value is -2.74.